The summed E-state index contributed by atoms with van der Waals surface area (Å²) in [6.45, 7) is 1.57. The number of primary amides is 1. The third kappa shape index (κ3) is 4.39. The first-order valence-electron chi connectivity index (χ1n) is 7.00. The summed E-state index contributed by atoms with van der Waals surface area (Å²) in [4.78, 5) is 10.9. The molecule has 3 N–H and O–H groups in total. The van der Waals surface area contributed by atoms with E-state index in [0.717, 1.165) is 5.56 Å². The first-order chi connectivity index (χ1) is 11.3. The van der Waals surface area contributed by atoms with Gasteiger partial charge in [-0.1, -0.05) is 17.7 Å². The standard InChI is InChI=1S/C16H18N2O5S/c1-11-3-6-13(7-4-11)24(20,21)18-12-5-8-14(15(9-12)22-2)23-10-16(17)19/h3-9,18H,10H2,1-2H3,(H2,17,19). The van der Waals surface area contributed by atoms with Crippen LogP contribution in [0.5, 0.6) is 11.5 Å². The summed E-state index contributed by atoms with van der Waals surface area (Å²) in [5, 5.41) is 0. The van der Waals surface area contributed by atoms with Crippen LogP contribution in [0.1, 0.15) is 5.56 Å². The number of rotatable bonds is 7. The van der Waals surface area contributed by atoms with Gasteiger partial charge in [0.25, 0.3) is 15.9 Å². The highest BCUT2D eigenvalue weighted by Gasteiger charge is 2.15. The first kappa shape index (κ1) is 17.6. The molecule has 2 aromatic carbocycles. The van der Waals surface area contributed by atoms with Gasteiger partial charge < -0.3 is 15.2 Å². The highest BCUT2D eigenvalue weighted by molar-refractivity contribution is 7.92. The maximum atomic E-state index is 12.4. The lowest BCUT2D eigenvalue weighted by Crippen LogP contribution is -2.20. The molecule has 0 radical (unpaired) electrons. The second kappa shape index (κ2) is 7.22. The number of ether oxygens (including phenoxy) is 2. The van der Waals surface area contributed by atoms with Crippen molar-refractivity contribution < 1.29 is 22.7 Å². The molecule has 0 saturated carbocycles. The number of anilines is 1. The topological polar surface area (TPSA) is 108 Å². The Kier molecular flexibility index (Phi) is 5.30. The summed E-state index contributed by atoms with van der Waals surface area (Å²) in [6, 6.07) is 11.0. The van der Waals surface area contributed by atoms with E-state index in [1.807, 2.05) is 6.92 Å². The molecule has 8 heteroatoms. The van der Waals surface area contributed by atoms with Crippen LogP contribution in [-0.4, -0.2) is 28.0 Å². The van der Waals surface area contributed by atoms with Crippen LogP contribution in [0.25, 0.3) is 0 Å². The Morgan fingerprint density at radius 3 is 2.38 bits per heavy atom. The first-order valence-corrected chi connectivity index (χ1v) is 8.49. The Morgan fingerprint density at radius 2 is 1.79 bits per heavy atom. The van der Waals surface area contributed by atoms with Crippen molar-refractivity contribution in [2.45, 2.75) is 11.8 Å². The Morgan fingerprint density at radius 1 is 1.12 bits per heavy atom. The van der Waals surface area contributed by atoms with Gasteiger partial charge in [-0.15, -0.1) is 0 Å². The Balaban J connectivity index is 2.23. The molecule has 0 aliphatic rings. The highest BCUT2D eigenvalue weighted by atomic mass is 32.2. The summed E-state index contributed by atoms with van der Waals surface area (Å²) in [5.74, 6) is -0.0591. The van der Waals surface area contributed by atoms with Crippen molar-refractivity contribution in [2.75, 3.05) is 18.4 Å². The number of carbonyl (C=O) groups is 1. The van der Waals surface area contributed by atoms with Gasteiger partial charge in [0, 0.05) is 6.07 Å². The summed E-state index contributed by atoms with van der Waals surface area (Å²) in [5.41, 5.74) is 6.29. The lowest BCUT2D eigenvalue weighted by Gasteiger charge is -2.13. The third-order valence-electron chi connectivity index (χ3n) is 3.12. The van der Waals surface area contributed by atoms with Crippen molar-refractivity contribution >= 4 is 21.6 Å². The van der Waals surface area contributed by atoms with E-state index in [2.05, 4.69) is 4.72 Å². The minimum atomic E-state index is -3.71. The van der Waals surface area contributed by atoms with Crippen molar-refractivity contribution in [3.05, 3.63) is 48.0 Å². The Hall–Kier alpha value is -2.74. The molecule has 0 unspecified atom stereocenters. The van der Waals surface area contributed by atoms with Crippen molar-refractivity contribution in [3.8, 4) is 11.5 Å². The predicted molar refractivity (Wildman–Crippen MR) is 89.7 cm³/mol. The normalized spacial score (nSPS) is 10.9. The zero-order valence-electron chi connectivity index (χ0n) is 13.3. The molecule has 0 atom stereocenters. The second-order valence-electron chi connectivity index (χ2n) is 5.04. The molecule has 0 aliphatic carbocycles. The van der Waals surface area contributed by atoms with E-state index in [-0.39, 0.29) is 23.0 Å². The summed E-state index contributed by atoms with van der Waals surface area (Å²) in [7, 11) is -2.31. The number of sulfonamides is 1. The molecule has 1 amide bonds. The van der Waals surface area contributed by atoms with Gasteiger partial charge in [0.1, 0.15) is 0 Å². The van der Waals surface area contributed by atoms with Gasteiger partial charge in [0.15, 0.2) is 18.1 Å². The van der Waals surface area contributed by atoms with Crippen LogP contribution in [0.15, 0.2) is 47.4 Å². The van der Waals surface area contributed by atoms with Gasteiger partial charge in [-0.2, -0.15) is 0 Å². The van der Waals surface area contributed by atoms with Gasteiger partial charge in [-0.3, -0.25) is 9.52 Å². The van der Waals surface area contributed by atoms with Gasteiger partial charge in [0.2, 0.25) is 0 Å². The van der Waals surface area contributed by atoms with Crippen molar-refractivity contribution in [3.63, 3.8) is 0 Å². The van der Waals surface area contributed by atoms with E-state index >= 15 is 0 Å². The van der Waals surface area contributed by atoms with Crippen LogP contribution in [0.4, 0.5) is 5.69 Å². The fourth-order valence-electron chi connectivity index (χ4n) is 1.93. The van der Waals surface area contributed by atoms with E-state index in [4.69, 9.17) is 15.2 Å². The number of amides is 1. The minimum absolute atomic E-state index is 0.154. The van der Waals surface area contributed by atoms with E-state index < -0.39 is 15.9 Å². The van der Waals surface area contributed by atoms with E-state index in [9.17, 15) is 13.2 Å². The average Bonchev–Trinajstić information content (AvgIpc) is 2.53. The number of carbonyl (C=O) groups excluding carboxylic acids is 1. The van der Waals surface area contributed by atoms with E-state index in [1.54, 1.807) is 12.1 Å². The number of aryl methyl sites for hydroxylation is 1. The zero-order valence-corrected chi connectivity index (χ0v) is 14.1. The van der Waals surface area contributed by atoms with Crippen LogP contribution in [0.3, 0.4) is 0 Å². The van der Waals surface area contributed by atoms with Crippen molar-refractivity contribution in [2.24, 2.45) is 5.73 Å². The number of hydrogen-bond donors (Lipinski definition) is 2. The Bertz CT molecular complexity index is 832. The zero-order chi connectivity index (χ0) is 17.7. The molecular formula is C16H18N2O5S. The molecular weight excluding hydrogens is 332 g/mol. The fraction of sp³-hybridized carbons (Fsp3) is 0.188. The van der Waals surface area contributed by atoms with Gasteiger partial charge in [-0.25, -0.2) is 8.42 Å². The predicted octanol–water partition coefficient (Wildman–Crippen LogP) is 1.67. The molecule has 2 rings (SSSR count). The van der Waals surface area contributed by atoms with E-state index in [0.29, 0.717) is 5.69 Å². The van der Waals surface area contributed by atoms with Crippen LogP contribution in [0.2, 0.25) is 0 Å². The van der Waals surface area contributed by atoms with Gasteiger partial charge in [-0.05, 0) is 31.2 Å². The molecule has 24 heavy (non-hydrogen) atoms. The van der Waals surface area contributed by atoms with Crippen molar-refractivity contribution in [1.82, 2.24) is 0 Å². The second-order valence-corrected chi connectivity index (χ2v) is 6.72. The number of methoxy groups -OCH3 is 1. The van der Waals surface area contributed by atoms with Crippen LogP contribution in [0, 0.1) is 6.92 Å². The molecule has 0 heterocycles. The molecule has 128 valence electrons. The molecule has 2 aromatic rings. The Labute approximate surface area is 140 Å². The summed E-state index contributed by atoms with van der Waals surface area (Å²) in [6.07, 6.45) is 0. The number of nitrogens with one attached hydrogen (secondary N) is 1. The molecule has 7 nitrogen and oxygen atoms in total. The average molecular weight is 350 g/mol. The quantitative estimate of drug-likeness (QED) is 0.790. The number of benzene rings is 2. The van der Waals surface area contributed by atoms with E-state index in [1.165, 1.54) is 37.4 Å². The largest absolute Gasteiger partial charge is 0.493 e. The summed E-state index contributed by atoms with van der Waals surface area (Å²) < 4.78 is 37.5. The third-order valence-corrected chi connectivity index (χ3v) is 4.51. The summed E-state index contributed by atoms with van der Waals surface area (Å²) >= 11 is 0. The maximum absolute atomic E-state index is 12.4. The SMILES string of the molecule is COc1cc(NS(=O)(=O)c2ccc(C)cc2)ccc1OCC(N)=O. The maximum Gasteiger partial charge on any atom is 0.261 e. The molecule has 0 fully saturated rings. The molecule has 0 spiro atoms. The number of nitrogens with two attached hydrogens (primary N) is 1. The van der Waals surface area contributed by atoms with Crippen LogP contribution < -0.4 is 19.9 Å². The monoisotopic (exact) mass is 350 g/mol. The van der Waals surface area contributed by atoms with Gasteiger partial charge in [0.05, 0.1) is 17.7 Å². The van der Waals surface area contributed by atoms with Crippen LogP contribution >= 0.6 is 0 Å². The minimum Gasteiger partial charge on any atom is -0.493 e. The molecule has 0 saturated heterocycles. The molecule has 0 bridgehead atoms. The smallest absolute Gasteiger partial charge is 0.261 e. The van der Waals surface area contributed by atoms with Gasteiger partial charge >= 0.3 is 0 Å². The number of hydrogen-bond acceptors (Lipinski definition) is 5. The lowest BCUT2D eigenvalue weighted by molar-refractivity contribution is -0.119. The lowest BCUT2D eigenvalue weighted by atomic mass is 10.2. The van der Waals surface area contributed by atoms with Crippen LogP contribution in [-0.2, 0) is 14.8 Å². The molecule has 0 aliphatic heterocycles. The fourth-order valence-corrected chi connectivity index (χ4v) is 2.98. The molecule has 0 aromatic heterocycles. The highest BCUT2D eigenvalue weighted by Crippen LogP contribution is 2.31. The van der Waals surface area contributed by atoms with Crippen molar-refractivity contribution in [1.29, 1.82) is 0 Å².